The first kappa shape index (κ1) is 15.0. The molecule has 21 heavy (non-hydrogen) atoms. The molecule has 7 nitrogen and oxygen atoms in total. The first-order valence-electron chi connectivity index (χ1n) is 6.45. The molecule has 1 aliphatic heterocycles. The quantitative estimate of drug-likeness (QED) is 0.670. The normalized spacial score (nSPS) is 17.7. The second kappa shape index (κ2) is 6.40. The number of nitro benzene ring substituents is 1. The molecule has 1 fully saturated rings. The van der Waals surface area contributed by atoms with Gasteiger partial charge in [-0.3, -0.25) is 10.1 Å². The number of carbonyl (C=O) groups is 1. The van der Waals surface area contributed by atoms with Gasteiger partial charge in [0.1, 0.15) is 0 Å². The van der Waals surface area contributed by atoms with Gasteiger partial charge in [0.2, 0.25) is 5.82 Å². The van der Waals surface area contributed by atoms with Gasteiger partial charge >= 0.3 is 11.7 Å². The fraction of sp³-hybridized carbons (Fsp3) is 0.385. The molecule has 0 unspecified atom stereocenters. The van der Waals surface area contributed by atoms with Gasteiger partial charge in [-0.15, -0.1) is 0 Å². The minimum Gasteiger partial charge on any atom is -0.306 e. The summed E-state index contributed by atoms with van der Waals surface area (Å²) >= 11 is 0. The van der Waals surface area contributed by atoms with Gasteiger partial charge in [0, 0.05) is 24.0 Å². The molecule has 8 heteroatoms. The van der Waals surface area contributed by atoms with Crippen molar-refractivity contribution in [2.45, 2.75) is 12.8 Å². The number of carbonyl (C=O) groups excluding carboxylic acids is 1. The van der Waals surface area contributed by atoms with Crippen molar-refractivity contribution in [3.8, 4) is 0 Å². The summed E-state index contributed by atoms with van der Waals surface area (Å²) in [6.45, 7) is 1.59. The van der Waals surface area contributed by atoms with Gasteiger partial charge in [-0.1, -0.05) is 0 Å². The van der Waals surface area contributed by atoms with E-state index in [1.54, 1.807) is 0 Å². The number of likely N-dealkylation sites (tertiary alicyclic amines) is 1. The van der Waals surface area contributed by atoms with Crippen molar-refractivity contribution in [2.75, 3.05) is 25.5 Å². The Labute approximate surface area is 120 Å². The molecule has 1 aromatic carbocycles. The summed E-state index contributed by atoms with van der Waals surface area (Å²) in [5, 5.41) is 13.0. The van der Waals surface area contributed by atoms with E-state index >= 15 is 0 Å². The SMILES string of the molecule is CN1CCCC(=NC(=O)Nc2ccc(F)c([N+](=O)[O-])c2)C1. The van der Waals surface area contributed by atoms with E-state index in [0.717, 1.165) is 37.2 Å². The molecule has 0 spiro atoms. The Bertz CT molecular complexity index is 603. The van der Waals surface area contributed by atoms with Crippen molar-refractivity contribution < 1.29 is 14.1 Å². The van der Waals surface area contributed by atoms with Crippen LogP contribution in [0.5, 0.6) is 0 Å². The van der Waals surface area contributed by atoms with Gasteiger partial charge < -0.3 is 10.2 Å². The highest BCUT2D eigenvalue weighted by Gasteiger charge is 2.16. The van der Waals surface area contributed by atoms with Crippen LogP contribution >= 0.6 is 0 Å². The zero-order valence-electron chi connectivity index (χ0n) is 11.5. The number of benzene rings is 1. The maximum Gasteiger partial charge on any atom is 0.345 e. The molecule has 0 bridgehead atoms. The van der Waals surface area contributed by atoms with Crippen LogP contribution in [0.1, 0.15) is 12.8 Å². The van der Waals surface area contributed by atoms with Crippen LogP contribution < -0.4 is 5.32 Å². The molecule has 1 N–H and O–H groups in total. The van der Waals surface area contributed by atoms with Gasteiger partial charge in [0.05, 0.1) is 4.92 Å². The third kappa shape index (κ3) is 4.06. The number of hydrogen-bond donors (Lipinski definition) is 1. The molecule has 0 aromatic heterocycles. The number of halogens is 1. The lowest BCUT2D eigenvalue weighted by atomic mass is 10.1. The number of amides is 2. The van der Waals surface area contributed by atoms with E-state index in [9.17, 15) is 19.3 Å². The molecule has 0 aliphatic carbocycles. The highest BCUT2D eigenvalue weighted by Crippen LogP contribution is 2.21. The van der Waals surface area contributed by atoms with Crippen molar-refractivity contribution in [1.82, 2.24) is 4.90 Å². The van der Waals surface area contributed by atoms with E-state index in [4.69, 9.17) is 0 Å². The molecule has 0 radical (unpaired) electrons. The van der Waals surface area contributed by atoms with E-state index in [1.807, 2.05) is 7.05 Å². The average molecular weight is 294 g/mol. The monoisotopic (exact) mass is 294 g/mol. The Kier molecular flexibility index (Phi) is 4.59. The number of piperidine rings is 1. The van der Waals surface area contributed by atoms with Gasteiger partial charge in [-0.05, 0) is 38.6 Å². The van der Waals surface area contributed by atoms with Crippen LogP contribution in [0.25, 0.3) is 0 Å². The van der Waals surface area contributed by atoms with Crippen LogP contribution in [-0.4, -0.2) is 41.7 Å². The van der Waals surface area contributed by atoms with Crippen LogP contribution in [0.15, 0.2) is 23.2 Å². The Hall–Kier alpha value is -2.35. The molecule has 1 saturated heterocycles. The van der Waals surface area contributed by atoms with Crippen molar-refractivity contribution >= 4 is 23.1 Å². The number of hydrogen-bond acceptors (Lipinski definition) is 4. The first-order chi connectivity index (χ1) is 9.95. The van der Waals surface area contributed by atoms with Crippen molar-refractivity contribution in [3.63, 3.8) is 0 Å². The number of nitrogens with zero attached hydrogens (tertiary/aromatic N) is 3. The third-order valence-electron chi connectivity index (χ3n) is 3.11. The second-order valence-electron chi connectivity index (χ2n) is 4.87. The first-order valence-corrected chi connectivity index (χ1v) is 6.45. The molecular weight excluding hydrogens is 279 g/mol. The van der Waals surface area contributed by atoms with Gasteiger partial charge in [0.15, 0.2) is 0 Å². The molecule has 0 saturated carbocycles. The Morgan fingerprint density at radius 2 is 2.29 bits per heavy atom. The summed E-state index contributed by atoms with van der Waals surface area (Å²) in [6.07, 6.45) is 1.69. The second-order valence-corrected chi connectivity index (χ2v) is 4.87. The number of nitrogens with one attached hydrogen (secondary N) is 1. The van der Waals surface area contributed by atoms with Crippen LogP contribution in [0.2, 0.25) is 0 Å². The smallest absolute Gasteiger partial charge is 0.306 e. The van der Waals surface area contributed by atoms with E-state index in [-0.39, 0.29) is 5.69 Å². The predicted octanol–water partition coefficient (Wildman–Crippen LogP) is 2.43. The predicted molar refractivity (Wildman–Crippen MR) is 76.2 cm³/mol. The minimum atomic E-state index is -0.946. The maximum absolute atomic E-state index is 13.2. The molecule has 1 aliphatic rings. The lowest BCUT2D eigenvalue weighted by Crippen LogP contribution is -2.33. The molecule has 1 aromatic rings. The standard InChI is InChI=1S/C13H15FN4O3/c1-17-6-2-3-10(8-17)16-13(19)15-9-4-5-11(14)12(7-9)18(20)21/h4-5,7H,2-3,6,8H2,1H3,(H,15,19). The summed E-state index contributed by atoms with van der Waals surface area (Å²) in [5.74, 6) is -0.946. The van der Waals surface area contributed by atoms with Crippen LogP contribution in [0.4, 0.5) is 20.6 Å². The van der Waals surface area contributed by atoms with Crippen LogP contribution in [0, 0.1) is 15.9 Å². The maximum atomic E-state index is 13.2. The summed E-state index contributed by atoms with van der Waals surface area (Å²) in [6, 6.07) is 2.56. The van der Waals surface area contributed by atoms with Crippen LogP contribution in [0.3, 0.4) is 0 Å². The van der Waals surface area contributed by atoms with E-state index in [0.29, 0.717) is 6.54 Å². The molecule has 2 rings (SSSR count). The average Bonchev–Trinajstić information content (AvgIpc) is 2.40. The topological polar surface area (TPSA) is 87.8 Å². The summed E-state index contributed by atoms with van der Waals surface area (Å²) in [5.41, 5.74) is 0.220. The molecule has 2 amide bonds. The molecule has 0 atom stereocenters. The molecule has 1 heterocycles. The highest BCUT2D eigenvalue weighted by atomic mass is 19.1. The van der Waals surface area contributed by atoms with Crippen molar-refractivity contribution in [2.24, 2.45) is 4.99 Å². The molecular formula is C13H15FN4O3. The zero-order valence-corrected chi connectivity index (χ0v) is 11.5. The Morgan fingerprint density at radius 3 is 2.95 bits per heavy atom. The number of rotatable bonds is 2. The number of urea groups is 1. The fourth-order valence-corrected chi connectivity index (χ4v) is 2.14. The number of aliphatic imine (C=N–C) groups is 1. The summed E-state index contributed by atoms with van der Waals surface area (Å²) < 4.78 is 13.2. The lowest BCUT2D eigenvalue weighted by molar-refractivity contribution is -0.387. The van der Waals surface area contributed by atoms with Gasteiger partial charge in [0.25, 0.3) is 0 Å². The Morgan fingerprint density at radius 1 is 1.52 bits per heavy atom. The van der Waals surface area contributed by atoms with Crippen LogP contribution in [-0.2, 0) is 0 Å². The van der Waals surface area contributed by atoms with E-state index in [2.05, 4.69) is 15.2 Å². The number of anilines is 1. The van der Waals surface area contributed by atoms with Gasteiger partial charge in [-0.2, -0.15) is 4.39 Å². The van der Waals surface area contributed by atoms with Gasteiger partial charge in [-0.25, -0.2) is 9.79 Å². The van der Waals surface area contributed by atoms with Crippen molar-refractivity contribution in [3.05, 3.63) is 34.1 Å². The minimum absolute atomic E-state index is 0.140. The highest BCUT2D eigenvalue weighted by molar-refractivity contribution is 6.01. The number of nitro groups is 1. The largest absolute Gasteiger partial charge is 0.345 e. The summed E-state index contributed by atoms with van der Waals surface area (Å²) in [7, 11) is 1.94. The zero-order chi connectivity index (χ0) is 15.4. The lowest BCUT2D eigenvalue weighted by Gasteiger charge is -2.22. The van der Waals surface area contributed by atoms with E-state index < -0.39 is 22.5 Å². The third-order valence-corrected chi connectivity index (χ3v) is 3.11. The Balaban J connectivity index is 2.07. The van der Waals surface area contributed by atoms with Crippen molar-refractivity contribution in [1.29, 1.82) is 0 Å². The van der Waals surface area contributed by atoms with E-state index in [1.165, 1.54) is 6.07 Å². The fourth-order valence-electron chi connectivity index (χ4n) is 2.14. The molecule has 112 valence electrons. The summed E-state index contributed by atoms with van der Waals surface area (Å²) in [4.78, 5) is 27.6.